The molecule has 0 aliphatic carbocycles. The highest BCUT2D eigenvalue weighted by Gasteiger charge is 2.05. The number of hydrogen-bond acceptors (Lipinski definition) is 5. The standard InChI is InChI=1S/C12H14FN3O2/c13-9-1-3-10(4-2-9)17-8-6-12-16-15-11(18-12)5-7-14/h1-4H,5-8,14H2. The second-order valence-electron chi connectivity index (χ2n) is 3.68. The molecule has 0 unspecified atom stereocenters. The van der Waals surface area contributed by atoms with Crippen molar-refractivity contribution in [2.24, 2.45) is 5.73 Å². The fourth-order valence-corrected chi connectivity index (χ4v) is 1.40. The molecule has 0 bridgehead atoms. The van der Waals surface area contributed by atoms with Crippen LogP contribution in [0.1, 0.15) is 11.8 Å². The van der Waals surface area contributed by atoms with Crippen molar-refractivity contribution >= 4 is 0 Å². The second-order valence-corrected chi connectivity index (χ2v) is 3.68. The van der Waals surface area contributed by atoms with E-state index in [0.29, 0.717) is 43.5 Å². The highest BCUT2D eigenvalue weighted by molar-refractivity contribution is 5.21. The summed E-state index contributed by atoms with van der Waals surface area (Å²) in [6.45, 7) is 0.879. The predicted molar refractivity (Wildman–Crippen MR) is 62.7 cm³/mol. The maximum absolute atomic E-state index is 12.7. The Labute approximate surface area is 104 Å². The summed E-state index contributed by atoms with van der Waals surface area (Å²) in [6.07, 6.45) is 1.08. The summed E-state index contributed by atoms with van der Waals surface area (Å²) >= 11 is 0. The maximum atomic E-state index is 12.7. The van der Waals surface area contributed by atoms with Crippen LogP contribution in [0, 0.1) is 5.82 Å². The summed E-state index contributed by atoms with van der Waals surface area (Å²) in [7, 11) is 0. The van der Waals surface area contributed by atoms with Gasteiger partial charge in [0.1, 0.15) is 11.6 Å². The minimum absolute atomic E-state index is 0.286. The van der Waals surface area contributed by atoms with E-state index >= 15 is 0 Å². The minimum Gasteiger partial charge on any atom is -0.493 e. The van der Waals surface area contributed by atoms with Gasteiger partial charge >= 0.3 is 0 Å². The molecule has 0 fully saturated rings. The Morgan fingerprint density at radius 2 is 1.78 bits per heavy atom. The SMILES string of the molecule is NCCc1nnc(CCOc2ccc(F)cc2)o1. The zero-order valence-corrected chi connectivity index (χ0v) is 9.80. The average Bonchev–Trinajstić information content (AvgIpc) is 2.80. The largest absolute Gasteiger partial charge is 0.493 e. The lowest BCUT2D eigenvalue weighted by atomic mass is 10.3. The molecule has 0 aliphatic heterocycles. The topological polar surface area (TPSA) is 74.2 Å². The molecule has 0 saturated heterocycles. The zero-order chi connectivity index (χ0) is 12.8. The van der Waals surface area contributed by atoms with Crippen LogP contribution < -0.4 is 10.5 Å². The van der Waals surface area contributed by atoms with Gasteiger partial charge in [-0.05, 0) is 24.3 Å². The molecular weight excluding hydrogens is 237 g/mol. The van der Waals surface area contributed by atoms with Crippen LogP contribution in [-0.4, -0.2) is 23.3 Å². The van der Waals surface area contributed by atoms with Crippen LogP contribution in [0.25, 0.3) is 0 Å². The zero-order valence-electron chi connectivity index (χ0n) is 9.80. The first-order valence-corrected chi connectivity index (χ1v) is 5.67. The van der Waals surface area contributed by atoms with Crippen LogP contribution >= 0.6 is 0 Å². The van der Waals surface area contributed by atoms with Gasteiger partial charge in [0.25, 0.3) is 0 Å². The number of nitrogens with two attached hydrogens (primary N) is 1. The van der Waals surface area contributed by atoms with E-state index in [-0.39, 0.29) is 5.82 Å². The quantitative estimate of drug-likeness (QED) is 0.838. The predicted octanol–water partition coefficient (Wildman–Crippen LogP) is 1.33. The maximum Gasteiger partial charge on any atom is 0.219 e. The third-order valence-electron chi connectivity index (χ3n) is 2.27. The number of nitrogens with zero attached hydrogens (tertiary/aromatic N) is 2. The van der Waals surface area contributed by atoms with Gasteiger partial charge in [0.15, 0.2) is 0 Å². The summed E-state index contributed by atoms with van der Waals surface area (Å²) in [5.74, 6) is 1.37. The van der Waals surface area contributed by atoms with Crippen molar-refractivity contribution in [2.75, 3.05) is 13.2 Å². The van der Waals surface area contributed by atoms with Crippen molar-refractivity contribution in [1.82, 2.24) is 10.2 Å². The molecule has 1 heterocycles. The van der Waals surface area contributed by atoms with Gasteiger partial charge in [-0.25, -0.2) is 4.39 Å². The normalized spacial score (nSPS) is 10.6. The summed E-state index contributed by atoms with van der Waals surface area (Å²) < 4.78 is 23.4. The van der Waals surface area contributed by atoms with Crippen LogP contribution in [0.15, 0.2) is 28.7 Å². The number of rotatable bonds is 6. The van der Waals surface area contributed by atoms with Crippen LogP contribution in [0.3, 0.4) is 0 Å². The van der Waals surface area contributed by atoms with Gasteiger partial charge in [-0.2, -0.15) is 0 Å². The van der Waals surface area contributed by atoms with E-state index in [2.05, 4.69) is 10.2 Å². The minimum atomic E-state index is -0.286. The number of ether oxygens (including phenoxy) is 1. The molecular formula is C12H14FN3O2. The molecule has 0 spiro atoms. The van der Waals surface area contributed by atoms with E-state index in [1.165, 1.54) is 12.1 Å². The molecule has 6 heteroatoms. The summed E-state index contributed by atoms with van der Waals surface area (Å²) in [6, 6.07) is 5.84. The van der Waals surface area contributed by atoms with Crippen LogP contribution in [0.5, 0.6) is 5.75 Å². The van der Waals surface area contributed by atoms with E-state index in [0.717, 1.165) is 0 Å². The Bertz CT molecular complexity index is 484. The summed E-state index contributed by atoms with van der Waals surface area (Å²) in [4.78, 5) is 0. The molecule has 96 valence electrons. The Hall–Kier alpha value is -1.95. The Kier molecular flexibility index (Phi) is 4.25. The Morgan fingerprint density at radius 1 is 1.11 bits per heavy atom. The number of benzene rings is 1. The molecule has 1 aromatic heterocycles. The smallest absolute Gasteiger partial charge is 0.219 e. The number of aromatic nitrogens is 2. The summed E-state index contributed by atoms with van der Waals surface area (Å²) in [5.41, 5.74) is 5.38. The van der Waals surface area contributed by atoms with Crippen LogP contribution in [-0.2, 0) is 12.8 Å². The van der Waals surface area contributed by atoms with Crippen molar-refractivity contribution in [1.29, 1.82) is 0 Å². The van der Waals surface area contributed by atoms with E-state index in [9.17, 15) is 4.39 Å². The molecule has 0 saturated carbocycles. The van der Waals surface area contributed by atoms with Crippen molar-refractivity contribution < 1.29 is 13.5 Å². The molecule has 0 atom stereocenters. The second kappa shape index (κ2) is 6.11. The fourth-order valence-electron chi connectivity index (χ4n) is 1.40. The molecule has 0 radical (unpaired) electrons. The molecule has 2 aromatic rings. The van der Waals surface area contributed by atoms with Gasteiger partial charge in [-0.1, -0.05) is 0 Å². The number of halogens is 1. The third-order valence-corrected chi connectivity index (χ3v) is 2.27. The lowest BCUT2D eigenvalue weighted by Crippen LogP contribution is -2.02. The van der Waals surface area contributed by atoms with E-state index in [1.54, 1.807) is 12.1 Å². The molecule has 0 amide bonds. The van der Waals surface area contributed by atoms with Crippen molar-refractivity contribution in [3.63, 3.8) is 0 Å². The van der Waals surface area contributed by atoms with E-state index in [4.69, 9.17) is 14.9 Å². The fraction of sp³-hybridized carbons (Fsp3) is 0.333. The van der Waals surface area contributed by atoms with Gasteiger partial charge < -0.3 is 14.9 Å². The monoisotopic (exact) mass is 251 g/mol. The molecule has 18 heavy (non-hydrogen) atoms. The third kappa shape index (κ3) is 3.53. The van der Waals surface area contributed by atoms with Crippen molar-refractivity contribution in [2.45, 2.75) is 12.8 Å². The molecule has 1 aromatic carbocycles. The van der Waals surface area contributed by atoms with Crippen molar-refractivity contribution in [3.05, 3.63) is 41.9 Å². The molecule has 2 rings (SSSR count). The molecule has 5 nitrogen and oxygen atoms in total. The van der Waals surface area contributed by atoms with Gasteiger partial charge in [-0.3, -0.25) is 0 Å². The van der Waals surface area contributed by atoms with Crippen LogP contribution in [0.4, 0.5) is 4.39 Å². The van der Waals surface area contributed by atoms with Crippen molar-refractivity contribution in [3.8, 4) is 5.75 Å². The van der Waals surface area contributed by atoms with Gasteiger partial charge in [0, 0.05) is 13.0 Å². The highest BCUT2D eigenvalue weighted by Crippen LogP contribution is 2.11. The number of hydrogen-bond donors (Lipinski definition) is 1. The lowest BCUT2D eigenvalue weighted by Gasteiger charge is -2.03. The van der Waals surface area contributed by atoms with Gasteiger partial charge in [0.2, 0.25) is 11.8 Å². The lowest BCUT2D eigenvalue weighted by molar-refractivity contribution is 0.303. The van der Waals surface area contributed by atoms with E-state index < -0.39 is 0 Å². The Morgan fingerprint density at radius 3 is 2.44 bits per heavy atom. The van der Waals surface area contributed by atoms with Gasteiger partial charge in [-0.15, -0.1) is 10.2 Å². The highest BCUT2D eigenvalue weighted by atomic mass is 19.1. The Balaban J connectivity index is 1.79. The van der Waals surface area contributed by atoms with Gasteiger partial charge in [0.05, 0.1) is 13.0 Å². The first-order chi connectivity index (χ1) is 8.78. The first-order valence-electron chi connectivity index (χ1n) is 5.67. The molecule has 2 N–H and O–H groups in total. The first kappa shape index (κ1) is 12.5. The average molecular weight is 251 g/mol. The summed E-state index contributed by atoms with van der Waals surface area (Å²) in [5, 5.41) is 7.71. The van der Waals surface area contributed by atoms with E-state index in [1.807, 2.05) is 0 Å². The van der Waals surface area contributed by atoms with Crippen LogP contribution in [0.2, 0.25) is 0 Å². The molecule has 0 aliphatic rings.